The maximum atomic E-state index is 12.2. The Kier molecular flexibility index (Phi) is 3.47. The van der Waals surface area contributed by atoms with E-state index in [1.54, 1.807) is 17.7 Å². The summed E-state index contributed by atoms with van der Waals surface area (Å²) >= 11 is 0. The lowest BCUT2D eigenvalue weighted by Crippen LogP contribution is -2.16. The van der Waals surface area contributed by atoms with Crippen LogP contribution in [0, 0.1) is 0 Å². The maximum absolute atomic E-state index is 12.2. The summed E-state index contributed by atoms with van der Waals surface area (Å²) in [6, 6.07) is 19.7. The average molecular weight is 312 g/mol. The Bertz CT molecular complexity index is 1130. The van der Waals surface area contributed by atoms with Gasteiger partial charge >= 0.3 is 0 Å². The number of fused-ring (bicyclic) bond motifs is 2. The Morgan fingerprint density at radius 2 is 1.58 bits per heavy atom. The van der Waals surface area contributed by atoms with Gasteiger partial charge in [0, 0.05) is 30.1 Å². The van der Waals surface area contributed by atoms with Crippen molar-refractivity contribution in [2.75, 3.05) is 0 Å². The molecule has 0 spiro atoms. The number of aromatic nitrogens is 2. The minimum absolute atomic E-state index is 0.00654. The Morgan fingerprint density at radius 3 is 2.46 bits per heavy atom. The summed E-state index contributed by atoms with van der Waals surface area (Å²) in [5.74, 6) is 0. The van der Waals surface area contributed by atoms with E-state index >= 15 is 0 Å². The SMILES string of the molecule is Cn1c(=O)cc(C=Cc2ccnc3ccccc23)c2ccccc21. The summed E-state index contributed by atoms with van der Waals surface area (Å²) in [7, 11) is 1.80. The van der Waals surface area contributed by atoms with Crippen molar-refractivity contribution in [3.8, 4) is 0 Å². The van der Waals surface area contributed by atoms with Gasteiger partial charge in [-0.1, -0.05) is 48.6 Å². The standard InChI is InChI=1S/C21H16N2O/c1-23-20-9-5-3-7-18(20)16(14-21(23)24)11-10-15-12-13-22-19-8-4-2-6-17(15)19/h2-14H,1H3. The lowest BCUT2D eigenvalue weighted by Gasteiger charge is -2.07. The summed E-state index contributed by atoms with van der Waals surface area (Å²) in [5, 5.41) is 2.17. The van der Waals surface area contributed by atoms with Crippen LogP contribution < -0.4 is 5.56 Å². The van der Waals surface area contributed by atoms with Crippen molar-refractivity contribution in [2.24, 2.45) is 7.05 Å². The van der Waals surface area contributed by atoms with E-state index in [1.165, 1.54) is 0 Å². The molecule has 0 fully saturated rings. The molecule has 0 unspecified atom stereocenters. The number of hydrogen-bond donors (Lipinski definition) is 0. The highest BCUT2D eigenvalue weighted by molar-refractivity contribution is 5.94. The van der Waals surface area contributed by atoms with Crippen molar-refractivity contribution in [2.45, 2.75) is 0 Å². The fourth-order valence-corrected chi connectivity index (χ4v) is 3.02. The predicted octanol–water partition coefficient (Wildman–Crippen LogP) is 4.26. The smallest absolute Gasteiger partial charge is 0.251 e. The first-order chi connectivity index (χ1) is 11.7. The molecule has 24 heavy (non-hydrogen) atoms. The van der Waals surface area contributed by atoms with E-state index in [1.807, 2.05) is 66.9 Å². The first-order valence-corrected chi connectivity index (χ1v) is 7.85. The lowest BCUT2D eigenvalue weighted by molar-refractivity contribution is 0.905. The van der Waals surface area contributed by atoms with Gasteiger partial charge in [0.05, 0.1) is 11.0 Å². The van der Waals surface area contributed by atoms with Gasteiger partial charge in [-0.05, 0) is 29.3 Å². The van der Waals surface area contributed by atoms with Crippen LogP contribution >= 0.6 is 0 Å². The van der Waals surface area contributed by atoms with Crippen molar-refractivity contribution >= 4 is 34.0 Å². The first-order valence-electron chi connectivity index (χ1n) is 7.85. The topological polar surface area (TPSA) is 34.9 Å². The van der Waals surface area contributed by atoms with Crippen LogP contribution in [0.4, 0.5) is 0 Å². The molecule has 3 heteroatoms. The fourth-order valence-electron chi connectivity index (χ4n) is 3.02. The average Bonchev–Trinajstić information content (AvgIpc) is 2.63. The second-order valence-electron chi connectivity index (χ2n) is 5.76. The molecule has 0 N–H and O–H groups in total. The van der Waals surface area contributed by atoms with E-state index in [4.69, 9.17) is 0 Å². The molecule has 0 bridgehead atoms. The second kappa shape index (κ2) is 5.78. The number of aryl methyl sites for hydroxylation is 1. The Hall–Kier alpha value is -3.20. The molecule has 0 aliphatic heterocycles. The van der Waals surface area contributed by atoms with E-state index in [0.717, 1.165) is 32.9 Å². The number of benzene rings is 2. The zero-order valence-corrected chi connectivity index (χ0v) is 13.3. The molecule has 0 aliphatic carbocycles. The fraction of sp³-hybridized carbons (Fsp3) is 0.0476. The van der Waals surface area contributed by atoms with E-state index in [-0.39, 0.29) is 5.56 Å². The summed E-state index contributed by atoms with van der Waals surface area (Å²) < 4.78 is 1.68. The van der Waals surface area contributed by atoms with Crippen molar-refractivity contribution in [3.05, 3.63) is 88.3 Å². The minimum atomic E-state index is -0.00654. The molecular formula is C21H16N2O. The van der Waals surface area contributed by atoms with E-state index in [9.17, 15) is 4.79 Å². The summed E-state index contributed by atoms with van der Waals surface area (Å²) in [5.41, 5.74) is 3.91. The van der Waals surface area contributed by atoms with Gasteiger partial charge in [-0.3, -0.25) is 9.78 Å². The highest BCUT2D eigenvalue weighted by Crippen LogP contribution is 2.21. The van der Waals surface area contributed by atoms with Crippen LogP contribution in [0.5, 0.6) is 0 Å². The first kappa shape index (κ1) is 14.4. The molecule has 4 aromatic rings. The molecule has 2 aromatic carbocycles. The van der Waals surface area contributed by atoms with Crippen LogP contribution in [0.2, 0.25) is 0 Å². The molecule has 0 saturated heterocycles. The van der Waals surface area contributed by atoms with Crippen LogP contribution in [0.1, 0.15) is 11.1 Å². The van der Waals surface area contributed by atoms with E-state index < -0.39 is 0 Å². The molecular weight excluding hydrogens is 296 g/mol. The monoisotopic (exact) mass is 312 g/mol. The quantitative estimate of drug-likeness (QED) is 0.554. The predicted molar refractivity (Wildman–Crippen MR) is 99.9 cm³/mol. The normalized spacial score (nSPS) is 11.5. The molecule has 0 atom stereocenters. The van der Waals surface area contributed by atoms with E-state index in [0.29, 0.717) is 0 Å². The largest absolute Gasteiger partial charge is 0.311 e. The zero-order valence-electron chi connectivity index (χ0n) is 13.3. The second-order valence-corrected chi connectivity index (χ2v) is 5.76. The van der Waals surface area contributed by atoms with Gasteiger partial charge in [-0.2, -0.15) is 0 Å². The number of pyridine rings is 2. The number of nitrogens with zero attached hydrogens (tertiary/aromatic N) is 2. The summed E-state index contributed by atoms with van der Waals surface area (Å²) in [6.45, 7) is 0. The van der Waals surface area contributed by atoms with Gasteiger partial charge in [-0.15, -0.1) is 0 Å². The molecule has 2 aromatic heterocycles. The van der Waals surface area contributed by atoms with Crippen LogP contribution in [-0.2, 0) is 7.05 Å². The summed E-state index contributed by atoms with van der Waals surface area (Å²) in [4.78, 5) is 16.6. The van der Waals surface area contributed by atoms with Crippen molar-refractivity contribution < 1.29 is 0 Å². The van der Waals surface area contributed by atoms with Crippen LogP contribution in [-0.4, -0.2) is 9.55 Å². The molecule has 2 heterocycles. The van der Waals surface area contributed by atoms with Gasteiger partial charge in [0.1, 0.15) is 0 Å². The zero-order chi connectivity index (χ0) is 16.5. The number of rotatable bonds is 2. The Morgan fingerprint density at radius 1 is 0.875 bits per heavy atom. The van der Waals surface area contributed by atoms with Gasteiger partial charge in [0.15, 0.2) is 0 Å². The van der Waals surface area contributed by atoms with Crippen LogP contribution in [0.25, 0.3) is 34.0 Å². The summed E-state index contributed by atoms with van der Waals surface area (Å²) in [6.07, 6.45) is 5.86. The highest BCUT2D eigenvalue weighted by Gasteiger charge is 2.04. The molecule has 116 valence electrons. The third-order valence-corrected chi connectivity index (χ3v) is 4.31. The molecule has 0 aliphatic rings. The van der Waals surface area contributed by atoms with Gasteiger partial charge in [0.2, 0.25) is 0 Å². The Labute approximate surface area is 139 Å². The van der Waals surface area contributed by atoms with Gasteiger partial charge in [-0.25, -0.2) is 0 Å². The number of hydrogen-bond acceptors (Lipinski definition) is 2. The molecule has 4 rings (SSSR count). The molecule has 3 nitrogen and oxygen atoms in total. The number of para-hydroxylation sites is 2. The van der Waals surface area contributed by atoms with E-state index in [2.05, 4.69) is 11.1 Å². The van der Waals surface area contributed by atoms with Crippen LogP contribution in [0.15, 0.2) is 71.7 Å². The van der Waals surface area contributed by atoms with Crippen LogP contribution in [0.3, 0.4) is 0 Å². The minimum Gasteiger partial charge on any atom is -0.311 e. The third kappa shape index (κ3) is 2.40. The third-order valence-electron chi connectivity index (χ3n) is 4.31. The van der Waals surface area contributed by atoms with Gasteiger partial charge < -0.3 is 4.57 Å². The molecule has 0 radical (unpaired) electrons. The van der Waals surface area contributed by atoms with Crippen molar-refractivity contribution in [3.63, 3.8) is 0 Å². The maximum Gasteiger partial charge on any atom is 0.251 e. The molecule has 0 amide bonds. The highest BCUT2D eigenvalue weighted by atomic mass is 16.1. The lowest BCUT2D eigenvalue weighted by atomic mass is 10.0. The van der Waals surface area contributed by atoms with Crippen molar-refractivity contribution in [1.82, 2.24) is 9.55 Å². The Balaban J connectivity index is 1.89. The molecule has 0 saturated carbocycles. The van der Waals surface area contributed by atoms with Gasteiger partial charge in [0.25, 0.3) is 5.56 Å². The van der Waals surface area contributed by atoms with Crippen molar-refractivity contribution in [1.29, 1.82) is 0 Å².